The maximum absolute atomic E-state index is 12.6. The Hall–Kier alpha value is -2.66. The van der Waals surface area contributed by atoms with Gasteiger partial charge in [0.05, 0.1) is 4.90 Å². The summed E-state index contributed by atoms with van der Waals surface area (Å²) in [5, 5.41) is 0. The van der Waals surface area contributed by atoms with Gasteiger partial charge < -0.3 is 15.5 Å². The second-order valence-corrected chi connectivity index (χ2v) is 9.34. The minimum atomic E-state index is -3.79. The largest absolute Gasteiger partial charge is 0.399 e. The van der Waals surface area contributed by atoms with Crippen LogP contribution in [-0.4, -0.2) is 49.5 Å². The van der Waals surface area contributed by atoms with Crippen LogP contribution < -0.4 is 25.8 Å². The van der Waals surface area contributed by atoms with Gasteiger partial charge >= 0.3 is 0 Å². The van der Waals surface area contributed by atoms with E-state index in [0.717, 1.165) is 51.9 Å². The average Bonchev–Trinajstić information content (AvgIpc) is 2.79. The number of rotatable bonds is 6. The number of nitrogens with zero attached hydrogens (tertiary/aromatic N) is 5. The molecular weight excluding hydrogens is 404 g/mol. The molecule has 2 saturated heterocycles. The fourth-order valence-corrected chi connectivity index (χ4v) is 4.54. The number of nitrogen functional groups attached to an aromatic ring is 1. The lowest BCUT2D eigenvalue weighted by Gasteiger charge is -2.30. The first kappa shape index (κ1) is 20.6. The number of piperidine rings is 2. The van der Waals surface area contributed by atoms with Crippen LogP contribution in [0.1, 0.15) is 38.5 Å². The first-order valence-corrected chi connectivity index (χ1v) is 11.9. The molecule has 30 heavy (non-hydrogen) atoms. The number of nitrogens with two attached hydrogens (primary N) is 1. The van der Waals surface area contributed by atoms with Crippen molar-refractivity contribution in [3.63, 3.8) is 0 Å². The molecule has 11 heteroatoms. The van der Waals surface area contributed by atoms with Gasteiger partial charge in [0.2, 0.25) is 17.8 Å². The molecule has 0 spiro atoms. The summed E-state index contributed by atoms with van der Waals surface area (Å²) in [5.74, 6) is 1.35. The van der Waals surface area contributed by atoms with E-state index in [1.807, 2.05) is 0 Å². The Balaban J connectivity index is 1.56. The maximum Gasteiger partial charge on any atom is 0.257 e. The van der Waals surface area contributed by atoms with Gasteiger partial charge in [0.1, 0.15) is 0 Å². The molecule has 0 radical (unpaired) electrons. The number of hydrogen-bond acceptors (Lipinski definition) is 9. The molecule has 2 aliphatic heterocycles. The van der Waals surface area contributed by atoms with Gasteiger partial charge in [0, 0.05) is 31.9 Å². The summed E-state index contributed by atoms with van der Waals surface area (Å²) in [7, 11) is -3.79. The van der Waals surface area contributed by atoms with Crippen LogP contribution in [0.2, 0.25) is 0 Å². The van der Waals surface area contributed by atoms with Crippen molar-refractivity contribution in [2.45, 2.75) is 43.4 Å². The summed E-state index contributed by atoms with van der Waals surface area (Å²) < 4.78 is 25.2. The van der Waals surface area contributed by atoms with Crippen molar-refractivity contribution in [3.05, 3.63) is 24.3 Å². The first-order valence-electron chi connectivity index (χ1n) is 10.4. The summed E-state index contributed by atoms with van der Waals surface area (Å²) in [6.07, 6.45) is 6.78. The average molecular weight is 433 g/mol. The first-order chi connectivity index (χ1) is 14.5. The number of aromatic nitrogens is 3. The van der Waals surface area contributed by atoms with Gasteiger partial charge in [-0.25, -0.2) is 8.42 Å². The summed E-state index contributed by atoms with van der Waals surface area (Å²) in [4.78, 5) is 20.4. The van der Waals surface area contributed by atoms with E-state index in [1.165, 1.54) is 25.0 Å². The summed E-state index contributed by atoms with van der Waals surface area (Å²) in [6, 6.07) is 5.98. The molecule has 0 unspecified atom stereocenters. The van der Waals surface area contributed by atoms with E-state index in [2.05, 4.69) is 30.0 Å². The highest BCUT2D eigenvalue weighted by atomic mass is 32.2. The third kappa shape index (κ3) is 4.90. The molecule has 1 aromatic heterocycles. The number of hydrogen-bond donors (Lipinski definition) is 3. The summed E-state index contributed by atoms with van der Waals surface area (Å²) >= 11 is 0. The van der Waals surface area contributed by atoms with Crippen LogP contribution in [0, 0.1) is 0 Å². The van der Waals surface area contributed by atoms with Crippen molar-refractivity contribution in [1.29, 1.82) is 0 Å². The zero-order valence-corrected chi connectivity index (χ0v) is 17.7. The molecule has 0 atom stereocenters. The predicted molar refractivity (Wildman–Crippen MR) is 117 cm³/mol. The van der Waals surface area contributed by atoms with Crippen LogP contribution in [-0.2, 0) is 10.0 Å². The van der Waals surface area contributed by atoms with Crippen LogP contribution in [0.3, 0.4) is 0 Å². The highest BCUT2D eigenvalue weighted by molar-refractivity contribution is 7.89. The van der Waals surface area contributed by atoms with Crippen molar-refractivity contribution in [2.75, 3.05) is 47.1 Å². The smallest absolute Gasteiger partial charge is 0.257 e. The molecule has 0 bridgehead atoms. The molecular formula is C19H28N8O2S. The van der Waals surface area contributed by atoms with Gasteiger partial charge in [-0.3, -0.25) is 5.43 Å². The van der Waals surface area contributed by atoms with Gasteiger partial charge in [-0.2, -0.15) is 15.0 Å². The topological polar surface area (TPSA) is 129 Å². The number of benzene rings is 1. The van der Waals surface area contributed by atoms with Crippen molar-refractivity contribution in [3.8, 4) is 0 Å². The van der Waals surface area contributed by atoms with Crippen LogP contribution in [0.4, 0.5) is 23.5 Å². The number of hydrazine groups is 1. The zero-order chi connectivity index (χ0) is 21.0. The molecule has 162 valence electrons. The van der Waals surface area contributed by atoms with E-state index in [4.69, 9.17) is 10.7 Å². The van der Waals surface area contributed by atoms with Crippen molar-refractivity contribution in [1.82, 2.24) is 19.8 Å². The van der Waals surface area contributed by atoms with E-state index >= 15 is 0 Å². The molecule has 4 N–H and O–H groups in total. The third-order valence-corrected chi connectivity index (χ3v) is 6.64. The Morgan fingerprint density at radius 1 is 0.767 bits per heavy atom. The quantitative estimate of drug-likeness (QED) is 0.461. The number of nitrogens with one attached hydrogen (secondary N) is 2. The van der Waals surface area contributed by atoms with E-state index in [-0.39, 0.29) is 10.8 Å². The molecule has 0 saturated carbocycles. The van der Waals surface area contributed by atoms with Crippen molar-refractivity contribution >= 4 is 33.6 Å². The second kappa shape index (κ2) is 9.00. The molecule has 1 aromatic carbocycles. The second-order valence-electron chi connectivity index (χ2n) is 7.65. The van der Waals surface area contributed by atoms with Crippen molar-refractivity contribution < 1.29 is 8.42 Å². The van der Waals surface area contributed by atoms with Crippen LogP contribution in [0.15, 0.2) is 29.2 Å². The van der Waals surface area contributed by atoms with E-state index < -0.39 is 10.0 Å². The summed E-state index contributed by atoms with van der Waals surface area (Å²) in [6.45, 7) is 3.56. The fourth-order valence-electron chi connectivity index (χ4n) is 3.70. The SMILES string of the molecule is Nc1ccc(S(=O)(=O)NNc2nc(N3CCCCC3)nc(N3CCCCC3)n2)cc1. The lowest BCUT2D eigenvalue weighted by atomic mass is 10.1. The van der Waals surface area contributed by atoms with Crippen LogP contribution in [0.25, 0.3) is 0 Å². The fraction of sp³-hybridized carbons (Fsp3) is 0.526. The van der Waals surface area contributed by atoms with E-state index in [0.29, 0.717) is 17.6 Å². The third-order valence-electron chi connectivity index (χ3n) is 5.38. The Morgan fingerprint density at radius 2 is 1.27 bits per heavy atom. The highest BCUT2D eigenvalue weighted by Gasteiger charge is 2.21. The minimum absolute atomic E-state index is 0.103. The van der Waals surface area contributed by atoms with Crippen molar-refractivity contribution in [2.24, 2.45) is 0 Å². The predicted octanol–water partition coefficient (Wildman–Crippen LogP) is 1.74. The molecule has 2 fully saturated rings. The van der Waals surface area contributed by atoms with Gasteiger partial charge in [-0.1, -0.05) is 0 Å². The number of sulfonamides is 1. The lowest BCUT2D eigenvalue weighted by molar-refractivity contribution is 0.556. The summed E-state index contributed by atoms with van der Waals surface area (Å²) in [5.41, 5.74) is 8.81. The molecule has 4 rings (SSSR count). The standard InChI is InChI=1S/C19H28N8O2S/c20-15-7-9-16(10-8-15)30(28,29)25-24-17-21-18(26-11-3-1-4-12-26)23-19(22-17)27-13-5-2-6-14-27/h7-10,25H,1-6,11-14,20H2,(H,21,22,23,24). The molecule has 10 nitrogen and oxygen atoms in total. The monoisotopic (exact) mass is 432 g/mol. The highest BCUT2D eigenvalue weighted by Crippen LogP contribution is 2.22. The van der Waals surface area contributed by atoms with Gasteiger partial charge in [0.15, 0.2) is 0 Å². The minimum Gasteiger partial charge on any atom is -0.399 e. The molecule has 3 heterocycles. The maximum atomic E-state index is 12.6. The Bertz CT molecular complexity index is 919. The number of anilines is 4. The zero-order valence-electron chi connectivity index (χ0n) is 16.9. The Morgan fingerprint density at radius 3 is 1.77 bits per heavy atom. The van der Waals surface area contributed by atoms with Crippen LogP contribution >= 0.6 is 0 Å². The lowest BCUT2D eigenvalue weighted by Crippen LogP contribution is -2.36. The van der Waals surface area contributed by atoms with E-state index in [9.17, 15) is 8.42 Å². The normalized spacial score (nSPS) is 17.7. The van der Waals surface area contributed by atoms with Gasteiger partial charge in [-0.15, -0.1) is 4.83 Å². The molecule has 2 aromatic rings. The molecule has 0 amide bonds. The van der Waals surface area contributed by atoms with Gasteiger partial charge in [-0.05, 0) is 62.8 Å². The van der Waals surface area contributed by atoms with Gasteiger partial charge in [0.25, 0.3) is 10.0 Å². The molecule has 0 aliphatic carbocycles. The van der Waals surface area contributed by atoms with Crippen LogP contribution in [0.5, 0.6) is 0 Å². The Labute approximate surface area is 176 Å². The molecule has 2 aliphatic rings. The van der Waals surface area contributed by atoms with E-state index in [1.54, 1.807) is 12.1 Å². The Kier molecular flexibility index (Phi) is 6.18.